The van der Waals surface area contributed by atoms with E-state index in [1.165, 1.54) is 7.11 Å². The maximum absolute atomic E-state index is 12.3. The highest BCUT2D eigenvalue weighted by Crippen LogP contribution is 2.25. The van der Waals surface area contributed by atoms with Crippen LogP contribution in [0.5, 0.6) is 0 Å². The maximum atomic E-state index is 12.3. The highest BCUT2D eigenvalue weighted by atomic mass is 16.5. The van der Waals surface area contributed by atoms with Crippen molar-refractivity contribution in [1.82, 2.24) is 0 Å². The lowest BCUT2D eigenvalue weighted by atomic mass is 9.86. The van der Waals surface area contributed by atoms with Gasteiger partial charge in [0.15, 0.2) is 0 Å². The minimum absolute atomic E-state index is 0.00554. The Labute approximate surface area is 124 Å². The number of benzene rings is 1. The van der Waals surface area contributed by atoms with E-state index in [0.29, 0.717) is 11.3 Å². The second kappa shape index (κ2) is 6.72. The summed E-state index contributed by atoms with van der Waals surface area (Å²) >= 11 is 0. The molecule has 21 heavy (non-hydrogen) atoms. The number of aryl methyl sites for hydroxylation is 1. The molecule has 0 atom stereocenters. The van der Waals surface area contributed by atoms with E-state index in [1.807, 2.05) is 6.92 Å². The summed E-state index contributed by atoms with van der Waals surface area (Å²) in [6.07, 6.45) is 3.42. The van der Waals surface area contributed by atoms with Crippen molar-refractivity contribution in [3.63, 3.8) is 0 Å². The molecular formula is C16H22N2O3. The molecule has 1 amide bonds. The van der Waals surface area contributed by atoms with Crippen LogP contribution in [0.4, 0.5) is 5.69 Å². The zero-order valence-electron chi connectivity index (χ0n) is 12.5. The molecule has 5 heteroatoms. The van der Waals surface area contributed by atoms with E-state index in [-0.39, 0.29) is 17.9 Å². The lowest BCUT2D eigenvalue weighted by Gasteiger charge is -2.25. The number of hydrogen-bond donors (Lipinski definition) is 2. The summed E-state index contributed by atoms with van der Waals surface area (Å²) in [7, 11) is 1.34. The quantitative estimate of drug-likeness (QED) is 0.836. The molecule has 0 saturated heterocycles. The van der Waals surface area contributed by atoms with Crippen LogP contribution in [-0.4, -0.2) is 25.0 Å². The second-order valence-corrected chi connectivity index (χ2v) is 5.62. The number of anilines is 1. The van der Waals surface area contributed by atoms with E-state index in [1.54, 1.807) is 18.2 Å². The predicted octanol–water partition coefficient (Wildman–Crippen LogP) is 2.24. The van der Waals surface area contributed by atoms with Gasteiger partial charge in [0.05, 0.1) is 12.7 Å². The monoisotopic (exact) mass is 290 g/mol. The largest absolute Gasteiger partial charge is 0.465 e. The zero-order chi connectivity index (χ0) is 15.4. The van der Waals surface area contributed by atoms with Crippen LogP contribution in [0.25, 0.3) is 0 Å². The van der Waals surface area contributed by atoms with E-state index in [2.05, 4.69) is 5.32 Å². The van der Waals surface area contributed by atoms with Gasteiger partial charge in [0.25, 0.3) is 0 Å². The van der Waals surface area contributed by atoms with Crippen molar-refractivity contribution in [2.24, 2.45) is 11.7 Å². The second-order valence-electron chi connectivity index (χ2n) is 5.62. The first-order valence-electron chi connectivity index (χ1n) is 7.26. The lowest BCUT2D eigenvalue weighted by molar-refractivity contribution is -0.120. The Morgan fingerprint density at radius 3 is 2.52 bits per heavy atom. The Kier molecular flexibility index (Phi) is 4.96. The van der Waals surface area contributed by atoms with Gasteiger partial charge in [-0.25, -0.2) is 4.79 Å². The van der Waals surface area contributed by atoms with Crippen molar-refractivity contribution in [2.75, 3.05) is 12.4 Å². The van der Waals surface area contributed by atoms with Gasteiger partial charge < -0.3 is 15.8 Å². The van der Waals surface area contributed by atoms with Crippen LogP contribution in [0.2, 0.25) is 0 Å². The lowest BCUT2D eigenvalue weighted by Crippen LogP contribution is -2.32. The number of nitrogens with one attached hydrogen (secondary N) is 1. The minimum atomic E-state index is -0.408. The fourth-order valence-corrected chi connectivity index (χ4v) is 2.62. The molecule has 1 aliphatic rings. The Morgan fingerprint density at radius 1 is 1.24 bits per heavy atom. The smallest absolute Gasteiger partial charge is 0.337 e. The fourth-order valence-electron chi connectivity index (χ4n) is 2.62. The minimum Gasteiger partial charge on any atom is -0.465 e. The topological polar surface area (TPSA) is 81.4 Å². The Morgan fingerprint density at radius 2 is 1.90 bits per heavy atom. The molecule has 3 N–H and O–H groups in total. The summed E-state index contributed by atoms with van der Waals surface area (Å²) in [5, 5.41) is 2.93. The normalized spacial score (nSPS) is 21.7. The molecule has 1 saturated carbocycles. The van der Waals surface area contributed by atoms with Crippen molar-refractivity contribution in [2.45, 2.75) is 38.6 Å². The molecule has 1 aromatic rings. The SMILES string of the molecule is COC(=O)c1ccc(C)c(NC(=O)C2CCC(N)CC2)c1. The summed E-state index contributed by atoms with van der Waals surface area (Å²) in [6, 6.07) is 5.38. The Bertz CT molecular complexity index is 534. The van der Waals surface area contributed by atoms with Crippen LogP contribution in [-0.2, 0) is 9.53 Å². The number of rotatable bonds is 3. The number of hydrogen-bond acceptors (Lipinski definition) is 4. The van der Waals surface area contributed by atoms with Gasteiger partial charge in [0.1, 0.15) is 0 Å². The molecule has 0 unspecified atom stereocenters. The number of esters is 1. The number of ether oxygens (including phenoxy) is 1. The van der Waals surface area contributed by atoms with Gasteiger partial charge in [0.2, 0.25) is 5.91 Å². The highest BCUT2D eigenvalue weighted by molar-refractivity contribution is 5.96. The third-order valence-corrected chi connectivity index (χ3v) is 4.06. The van der Waals surface area contributed by atoms with Crippen molar-refractivity contribution in [1.29, 1.82) is 0 Å². The van der Waals surface area contributed by atoms with Gasteiger partial charge in [0, 0.05) is 17.6 Å². The van der Waals surface area contributed by atoms with E-state index < -0.39 is 5.97 Å². The zero-order valence-corrected chi connectivity index (χ0v) is 12.5. The summed E-state index contributed by atoms with van der Waals surface area (Å²) in [5.74, 6) is -0.396. The number of carbonyl (C=O) groups is 2. The first-order valence-corrected chi connectivity index (χ1v) is 7.26. The highest BCUT2D eigenvalue weighted by Gasteiger charge is 2.25. The van der Waals surface area contributed by atoms with E-state index in [9.17, 15) is 9.59 Å². The van der Waals surface area contributed by atoms with Crippen molar-refractivity contribution >= 4 is 17.6 Å². The number of carbonyl (C=O) groups excluding carboxylic acids is 2. The summed E-state index contributed by atoms with van der Waals surface area (Å²) < 4.78 is 4.70. The molecule has 1 aliphatic carbocycles. The number of methoxy groups -OCH3 is 1. The molecule has 0 spiro atoms. The van der Waals surface area contributed by atoms with Gasteiger partial charge in [-0.1, -0.05) is 6.07 Å². The average molecular weight is 290 g/mol. The van der Waals surface area contributed by atoms with Crippen molar-refractivity contribution in [3.8, 4) is 0 Å². The summed E-state index contributed by atoms with van der Waals surface area (Å²) in [5.41, 5.74) is 7.88. The molecule has 5 nitrogen and oxygen atoms in total. The molecule has 0 aromatic heterocycles. The predicted molar refractivity (Wildman–Crippen MR) is 81.1 cm³/mol. The Hall–Kier alpha value is -1.88. The van der Waals surface area contributed by atoms with Gasteiger partial charge in [-0.3, -0.25) is 4.79 Å². The van der Waals surface area contributed by atoms with Crippen LogP contribution >= 0.6 is 0 Å². The molecule has 0 bridgehead atoms. The first-order chi connectivity index (χ1) is 10.0. The molecule has 0 radical (unpaired) electrons. The fraction of sp³-hybridized carbons (Fsp3) is 0.500. The molecule has 1 fully saturated rings. The third-order valence-electron chi connectivity index (χ3n) is 4.06. The molecule has 0 aliphatic heterocycles. The molecule has 2 rings (SSSR count). The van der Waals surface area contributed by atoms with E-state index in [4.69, 9.17) is 10.5 Å². The van der Waals surface area contributed by atoms with Crippen LogP contribution in [0.15, 0.2) is 18.2 Å². The van der Waals surface area contributed by atoms with Crippen LogP contribution < -0.4 is 11.1 Å². The molecular weight excluding hydrogens is 268 g/mol. The first kappa shape index (κ1) is 15.5. The van der Waals surface area contributed by atoms with E-state index >= 15 is 0 Å². The van der Waals surface area contributed by atoms with Gasteiger partial charge in [-0.05, 0) is 50.3 Å². The molecule has 114 valence electrons. The van der Waals surface area contributed by atoms with Crippen molar-refractivity contribution < 1.29 is 14.3 Å². The number of amides is 1. The molecule has 0 heterocycles. The van der Waals surface area contributed by atoms with Gasteiger partial charge >= 0.3 is 5.97 Å². The van der Waals surface area contributed by atoms with Crippen LogP contribution in [0.1, 0.15) is 41.6 Å². The standard InChI is InChI=1S/C16H22N2O3/c1-10-3-4-12(16(20)21-2)9-14(10)18-15(19)11-5-7-13(17)8-6-11/h3-4,9,11,13H,5-8,17H2,1-2H3,(H,18,19). The van der Waals surface area contributed by atoms with Crippen LogP contribution in [0, 0.1) is 12.8 Å². The third kappa shape index (κ3) is 3.82. The summed E-state index contributed by atoms with van der Waals surface area (Å²) in [4.78, 5) is 23.9. The molecule has 1 aromatic carbocycles. The van der Waals surface area contributed by atoms with E-state index in [0.717, 1.165) is 31.2 Å². The number of nitrogens with two attached hydrogens (primary N) is 1. The van der Waals surface area contributed by atoms with Gasteiger partial charge in [-0.15, -0.1) is 0 Å². The average Bonchev–Trinajstić information content (AvgIpc) is 2.49. The Balaban J connectivity index is 2.08. The summed E-state index contributed by atoms with van der Waals surface area (Å²) in [6.45, 7) is 1.90. The van der Waals surface area contributed by atoms with Crippen LogP contribution in [0.3, 0.4) is 0 Å². The van der Waals surface area contributed by atoms with Gasteiger partial charge in [-0.2, -0.15) is 0 Å². The van der Waals surface area contributed by atoms with Crippen molar-refractivity contribution in [3.05, 3.63) is 29.3 Å². The maximum Gasteiger partial charge on any atom is 0.337 e.